The van der Waals surface area contributed by atoms with E-state index in [0.717, 1.165) is 19.4 Å². The second-order valence-electron chi connectivity index (χ2n) is 4.20. The maximum Gasteiger partial charge on any atom is 0.188 e. The third-order valence-electron chi connectivity index (χ3n) is 2.80. The van der Waals surface area contributed by atoms with Crippen LogP contribution in [0.3, 0.4) is 0 Å². The summed E-state index contributed by atoms with van der Waals surface area (Å²) < 4.78 is 10.8. The fraction of sp³-hybridized carbons (Fsp3) is 0.462. The molecule has 2 rings (SSSR count). The molecule has 1 atom stereocenters. The second-order valence-corrected chi connectivity index (χ2v) is 5.02. The quantitative estimate of drug-likeness (QED) is 0.780. The maximum atomic E-state index is 11.8. The molecule has 0 amide bonds. The van der Waals surface area contributed by atoms with Crippen LogP contribution in [-0.2, 0) is 9.47 Å². The number of halogens is 2. The first kappa shape index (κ1) is 13.8. The molecule has 1 unspecified atom stereocenters. The van der Waals surface area contributed by atoms with E-state index in [0.29, 0.717) is 22.2 Å². The zero-order valence-electron chi connectivity index (χ0n) is 9.83. The molecule has 1 saturated heterocycles. The monoisotopic (exact) mass is 288 g/mol. The van der Waals surface area contributed by atoms with Crippen LogP contribution in [-0.4, -0.2) is 31.7 Å². The molecule has 0 aromatic heterocycles. The number of ketones is 1. The van der Waals surface area contributed by atoms with E-state index < -0.39 is 0 Å². The topological polar surface area (TPSA) is 35.5 Å². The molecule has 5 heteroatoms. The molecule has 98 valence electrons. The minimum Gasteiger partial charge on any atom is -0.376 e. The van der Waals surface area contributed by atoms with E-state index in [9.17, 15) is 4.79 Å². The largest absolute Gasteiger partial charge is 0.376 e. The Bertz CT molecular complexity index is 428. The first-order chi connectivity index (χ1) is 8.66. The molecule has 1 heterocycles. The normalized spacial score (nSPS) is 19.1. The maximum absolute atomic E-state index is 11.8. The molecule has 0 spiro atoms. The minimum atomic E-state index is -0.105. The summed E-state index contributed by atoms with van der Waals surface area (Å²) in [6.45, 7) is 1.29. The van der Waals surface area contributed by atoms with E-state index in [-0.39, 0.29) is 18.5 Å². The molecule has 0 N–H and O–H groups in total. The van der Waals surface area contributed by atoms with Crippen molar-refractivity contribution in [3.05, 3.63) is 33.8 Å². The molecular weight excluding hydrogens is 275 g/mol. The lowest BCUT2D eigenvalue weighted by Gasteiger charge is -2.09. The Morgan fingerprint density at radius 2 is 2.22 bits per heavy atom. The van der Waals surface area contributed by atoms with Gasteiger partial charge in [-0.2, -0.15) is 0 Å². The molecule has 1 aliphatic rings. The van der Waals surface area contributed by atoms with Crippen LogP contribution in [0.2, 0.25) is 10.0 Å². The Morgan fingerprint density at radius 1 is 1.39 bits per heavy atom. The van der Waals surface area contributed by atoms with Crippen molar-refractivity contribution in [2.75, 3.05) is 19.8 Å². The number of rotatable bonds is 5. The summed E-state index contributed by atoms with van der Waals surface area (Å²) in [5, 5.41) is 0.815. The highest BCUT2D eigenvalue weighted by Crippen LogP contribution is 2.22. The predicted molar refractivity (Wildman–Crippen MR) is 70.6 cm³/mol. The van der Waals surface area contributed by atoms with Crippen molar-refractivity contribution >= 4 is 29.0 Å². The molecule has 0 saturated carbocycles. The van der Waals surface area contributed by atoms with Crippen LogP contribution in [0.5, 0.6) is 0 Å². The molecule has 1 fully saturated rings. The summed E-state index contributed by atoms with van der Waals surface area (Å²) >= 11 is 11.6. The zero-order valence-corrected chi connectivity index (χ0v) is 11.3. The summed E-state index contributed by atoms with van der Waals surface area (Å²) in [5.74, 6) is -0.105. The Morgan fingerprint density at radius 3 is 2.89 bits per heavy atom. The van der Waals surface area contributed by atoms with Crippen LogP contribution in [0, 0.1) is 0 Å². The van der Waals surface area contributed by atoms with Gasteiger partial charge in [0.05, 0.1) is 22.8 Å². The number of hydrogen-bond acceptors (Lipinski definition) is 3. The van der Waals surface area contributed by atoms with Crippen molar-refractivity contribution in [2.45, 2.75) is 18.9 Å². The Labute approximate surface area is 116 Å². The number of carbonyl (C=O) groups excluding carboxylic acids is 1. The lowest BCUT2D eigenvalue weighted by atomic mass is 10.1. The third-order valence-corrected chi connectivity index (χ3v) is 3.54. The van der Waals surface area contributed by atoms with E-state index in [1.54, 1.807) is 18.2 Å². The summed E-state index contributed by atoms with van der Waals surface area (Å²) in [4.78, 5) is 11.8. The lowest BCUT2D eigenvalue weighted by molar-refractivity contribution is 0.0190. The van der Waals surface area contributed by atoms with Crippen LogP contribution in [0.1, 0.15) is 23.2 Å². The fourth-order valence-corrected chi connectivity index (χ4v) is 2.11. The molecule has 1 aromatic carbocycles. The van der Waals surface area contributed by atoms with Crippen molar-refractivity contribution in [3.8, 4) is 0 Å². The van der Waals surface area contributed by atoms with Gasteiger partial charge in [-0.25, -0.2) is 0 Å². The first-order valence-electron chi connectivity index (χ1n) is 5.84. The van der Waals surface area contributed by atoms with Gasteiger partial charge in [-0.1, -0.05) is 23.2 Å². The van der Waals surface area contributed by atoms with Crippen LogP contribution >= 0.6 is 23.2 Å². The summed E-state index contributed by atoms with van der Waals surface area (Å²) in [6, 6.07) is 4.81. The Kier molecular flexibility index (Phi) is 5.01. The van der Waals surface area contributed by atoms with Gasteiger partial charge < -0.3 is 9.47 Å². The molecule has 0 bridgehead atoms. The van der Waals surface area contributed by atoms with Crippen LogP contribution in [0.25, 0.3) is 0 Å². The van der Waals surface area contributed by atoms with Gasteiger partial charge in [-0.3, -0.25) is 4.79 Å². The number of benzene rings is 1. The average Bonchev–Trinajstić information content (AvgIpc) is 2.85. The van der Waals surface area contributed by atoms with Crippen molar-refractivity contribution < 1.29 is 14.3 Å². The highest BCUT2D eigenvalue weighted by molar-refractivity contribution is 6.42. The number of carbonyl (C=O) groups is 1. The fourth-order valence-electron chi connectivity index (χ4n) is 1.81. The predicted octanol–water partition coefficient (Wildman–Crippen LogP) is 3.37. The molecule has 1 aliphatic heterocycles. The van der Waals surface area contributed by atoms with Crippen molar-refractivity contribution in [1.82, 2.24) is 0 Å². The molecule has 0 aliphatic carbocycles. The van der Waals surface area contributed by atoms with Gasteiger partial charge >= 0.3 is 0 Å². The van der Waals surface area contributed by atoms with Gasteiger partial charge in [0.1, 0.15) is 6.61 Å². The van der Waals surface area contributed by atoms with Crippen LogP contribution in [0.15, 0.2) is 18.2 Å². The first-order valence-corrected chi connectivity index (χ1v) is 6.60. The van der Waals surface area contributed by atoms with E-state index in [2.05, 4.69) is 0 Å². The molecule has 1 aromatic rings. The van der Waals surface area contributed by atoms with Gasteiger partial charge in [-0.15, -0.1) is 0 Å². The second kappa shape index (κ2) is 6.53. The number of hydrogen-bond donors (Lipinski definition) is 0. The Hall–Kier alpha value is -0.610. The van der Waals surface area contributed by atoms with E-state index in [1.165, 1.54) is 0 Å². The van der Waals surface area contributed by atoms with Gasteiger partial charge in [0, 0.05) is 12.2 Å². The van der Waals surface area contributed by atoms with E-state index in [1.807, 2.05) is 0 Å². The van der Waals surface area contributed by atoms with Gasteiger partial charge in [0.25, 0.3) is 0 Å². The standard InChI is InChI=1S/C13H14Cl2O3/c14-11-4-3-9(6-12(11)15)13(16)8-17-7-10-2-1-5-18-10/h3-4,6,10H,1-2,5,7-8H2. The third kappa shape index (κ3) is 3.69. The summed E-state index contributed by atoms with van der Waals surface area (Å²) in [5.41, 5.74) is 0.511. The van der Waals surface area contributed by atoms with E-state index in [4.69, 9.17) is 32.7 Å². The van der Waals surface area contributed by atoms with Gasteiger partial charge in [0.2, 0.25) is 0 Å². The molecule has 3 nitrogen and oxygen atoms in total. The highest BCUT2D eigenvalue weighted by atomic mass is 35.5. The van der Waals surface area contributed by atoms with Crippen molar-refractivity contribution in [1.29, 1.82) is 0 Å². The van der Waals surface area contributed by atoms with Gasteiger partial charge in [-0.05, 0) is 31.0 Å². The molecule has 0 radical (unpaired) electrons. The van der Waals surface area contributed by atoms with Crippen molar-refractivity contribution in [2.24, 2.45) is 0 Å². The Balaban J connectivity index is 1.81. The average molecular weight is 289 g/mol. The molecule has 18 heavy (non-hydrogen) atoms. The zero-order chi connectivity index (χ0) is 13.0. The minimum absolute atomic E-state index is 0.0395. The van der Waals surface area contributed by atoms with Crippen molar-refractivity contribution in [3.63, 3.8) is 0 Å². The highest BCUT2D eigenvalue weighted by Gasteiger charge is 2.16. The smallest absolute Gasteiger partial charge is 0.188 e. The number of Topliss-reactive ketones (excluding diaryl/α,β-unsaturated/α-hetero) is 1. The number of ether oxygens (including phenoxy) is 2. The van der Waals surface area contributed by atoms with E-state index >= 15 is 0 Å². The molecular formula is C13H14Cl2O3. The summed E-state index contributed by atoms with van der Waals surface area (Å²) in [7, 11) is 0. The van der Waals surface area contributed by atoms with Crippen LogP contribution < -0.4 is 0 Å². The van der Waals surface area contributed by atoms with Crippen LogP contribution in [0.4, 0.5) is 0 Å². The lowest BCUT2D eigenvalue weighted by Crippen LogP contribution is -2.18. The van der Waals surface area contributed by atoms with Gasteiger partial charge in [0.15, 0.2) is 5.78 Å². The summed E-state index contributed by atoms with van der Waals surface area (Å²) in [6.07, 6.45) is 2.20. The SMILES string of the molecule is O=C(COCC1CCCO1)c1ccc(Cl)c(Cl)c1.